The zero-order chi connectivity index (χ0) is 22.9. The molecule has 0 aliphatic heterocycles. The van der Waals surface area contributed by atoms with Crippen LogP contribution in [-0.2, 0) is 0 Å². The first kappa shape index (κ1) is 21.0. The Morgan fingerprint density at radius 1 is 0.939 bits per heavy atom. The maximum Gasteiger partial charge on any atom is 0.186 e. The molecule has 0 spiro atoms. The van der Waals surface area contributed by atoms with Crippen molar-refractivity contribution in [3.63, 3.8) is 0 Å². The Labute approximate surface area is 195 Å². The monoisotopic (exact) mass is 459 g/mol. The second-order valence-corrected chi connectivity index (χ2v) is 8.08. The third-order valence-electron chi connectivity index (χ3n) is 5.61. The molecule has 0 saturated heterocycles. The van der Waals surface area contributed by atoms with E-state index in [1.54, 1.807) is 18.7 Å². The van der Waals surface area contributed by atoms with E-state index in [9.17, 15) is 0 Å². The van der Waals surface area contributed by atoms with Gasteiger partial charge in [0.05, 0.1) is 25.8 Å². The van der Waals surface area contributed by atoms with Gasteiger partial charge in [-0.1, -0.05) is 47.1 Å². The number of halogens is 1. The fourth-order valence-electron chi connectivity index (χ4n) is 3.91. The van der Waals surface area contributed by atoms with E-state index in [2.05, 4.69) is 22.6 Å². The van der Waals surface area contributed by atoms with Gasteiger partial charge in [0, 0.05) is 16.0 Å². The number of nitrogens with zero attached hydrogens (tertiary/aromatic N) is 4. The molecular weight excluding hydrogens is 438 g/mol. The van der Waals surface area contributed by atoms with Gasteiger partial charge in [0.25, 0.3) is 0 Å². The summed E-state index contributed by atoms with van der Waals surface area (Å²) in [6.07, 6.45) is 0. The number of anilines is 1. The maximum absolute atomic E-state index is 6.22. The van der Waals surface area contributed by atoms with Crippen LogP contribution < -0.4 is 14.8 Å². The molecule has 1 N–H and O–H groups in total. The van der Waals surface area contributed by atoms with E-state index in [4.69, 9.17) is 26.1 Å². The van der Waals surface area contributed by atoms with Crippen LogP contribution in [0, 0.1) is 0 Å². The molecule has 33 heavy (non-hydrogen) atoms. The van der Waals surface area contributed by atoms with Gasteiger partial charge in [0.2, 0.25) is 0 Å². The third-order valence-corrected chi connectivity index (χ3v) is 5.85. The van der Waals surface area contributed by atoms with Crippen LogP contribution in [0.15, 0.2) is 66.7 Å². The van der Waals surface area contributed by atoms with Crippen molar-refractivity contribution in [2.45, 2.75) is 13.0 Å². The van der Waals surface area contributed by atoms with E-state index in [0.29, 0.717) is 27.9 Å². The zero-order valence-corrected chi connectivity index (χ0v) is 19.2. The number of methoxy groups -OCH3 is 2. The molecule has 1 atom stereocenters. The number of aromatic nitrogens is 4. The van der Waals surface area contributed by atoms with E-state index >= 15 is 0 Å². The number of hydrogen-bond acceptors (Lipinski definition) is 6. The van der Waals surface area contributed by atoms with Crippen LogP contribution in [0.5, 0.6) is 11.5 Å². The second-order valence-electron chi connectivity index (χ2n) is 7.64. The van der Waals surface area contributed by atoms with Crippen molar-refractivity contribution in [2.75, 3.05) is 19.5 Å². The van der Waals surface area contributed by atoms with Crippen molar-refractivity contribution in [2.24, 2.45) is 0 Å². The summed E-state index contributed by atoms with van der Waals surface area (Å²) in [7, 11) is 3.26. The first-order chi connectivity index (χ1) is 16.1. The van der Waals surface area contributed by atoms with Gasteiger partial charge in [0.1, 0.15) is 11.5 Å². The van der Waals surface area contributed by atoms with E-state index in [1.165, 1.54) is 0 Å². The largest absolute Gasteiger partial charge is 0.493 e. The molecule has 0 radical (unpaired) electrons. The summed E-state index contributed by atoms with van der Waals surface area (Å²) in [5.74, 6) is 2.11. The molecule has 2 heterocycles. The molecule has 5 rings (SSSR count). The first-order valence-electron chi connectivity index (χ1n) is 10.5. The number of benzene rings is 3. The highest BCUT2D eigenvalue weighted by Crippen LogP contribution is 2.33. The van der Waals surface area contributed by atoms with Crippen molar-refractivity contribution in [1.29, 1.82) is 0 Å². The lowest BCUT2D eigenvalue weighted by Gasteiger charge is -2.18. The lowest BCUT2D eigenvalue weighted by molar-refractivity contribution is 0.354. The predicted octanol–water partition coefficient (Wildman–Crippen LogP) is 5.79. The number of nitrogens with one attached hydrogen (secondary N) is 1. The van der Waals surface area contributed by atoms with Crippen molar-refractivity contribution >= 4 is 34.0 Å². The summed E-state index contributed by atoms with van der Waals surface area (Å²) in [5, 5.41) is 13.9. The number of para-hydroxylation sites is 1. The molecular formula is C25H22ClN5O2. The number of fused-ring (bicyclic) bond motifs is 3. The van der Waals surface area contributed by atoms with Crippen LogP contribution in [0.4, 0.5) is 5.82 Å². The molecule has 0 aliphatic carbocycles. The van der Waals surface area contributed by atoms with E-state index in [0.717, 1.165) is 27.8 Å². The highest BCUT2D eigenvalue weighted by atomic mass is 35.5. The Morgan fingerprint density at radius 3 is 2.55 bits per heavy atom. The van der Waals surface area contributed by atoms with E-state index in [1.807, 2.05) is 66.7 Å². The summed E-state index contributed by atoms with van der Waals surface area (Å²) in [4.78, 5) is 4.94. The summed E-state index contributed by atoms with van der Waals surface area (Å²) in [5.41, 5.74) is 4.13. The molecule has 7 nitrogen and oxygen atoms in total. The van der Waals surface area contributed by atoms with Crippen molar-refractivity contribution < 1.29 is 9.47 Å². The summed E-state index contributed by atoms with van der Waals surface area (Å²) in [6.45, 7) is 2.08. The molecule has 5 aromatic rings. The third kappa shape index (κ3) is 3.81. The van der Waals surface area contributed by atoms with Gasteiger partial charge in [-0.05, 0) is 48.9 Å². The minimum Gasteiger partial charge on any atom is -0.493 e. The minimum atomic E-state index is -0.0475. The standard InChI is InChI=1S/C25H22ClN5O2/c1-15(16-11-12-21(32-2)22(14-16)33-3)27-24-19-9-4-5-10-20(19)31-25(28-24)23(29-30-31)17-7-6-8-18(26)13-17/h4-15H,1-3H3,(H,27,28)/t15-/m0/s1. The molecule has 2 aromatic heterocycles. The summed E-state index contributed by atoms with van der Waals surface area (Å²) < 4.78 is 12.6. The van der Waals surface area contributed by atoms with Crippen LogP contribution in [0.25, 0.3) is 27.8 Å². The summed E-state index contributed by atoms with van der Waals surface area (Å²) >= 11 is 6.22. The fraction of sp³-hybridized carbons (Fsp3) is 0.160. The molecule has 166 valence electrons. The average Bonchev–Trinajstić information content (AvgIpc) is 3.27. The van der Waals surface area contributed by atoms with Gasteiger partial charge >= 0.3 is 0 Å². The minimum absolute atomic E-state index is 0.0475. The molecule has 0 saturated carbocycles. The Morgan fingerprint density at radius 2 is 1.76 bits per heavy atom. The lowest BCUT2D eigenvalue weighted by Crippen LogP contribution is -2.10. The van der Waals surface area contributed by atoms with Crippen LogP contribution in [0.3, 0.4) is 0 Å². The predicted molar refractivity (Wildman–Crippen MR) is 130 cm³/mol. The number of rotatable bonds is 6. The van der Waals surface area contributed by atoms with Crippen LogP contribution in [0.2, 0.25) is 5.02 Å². The quantitative estimate of drug-likeness (QED) is 0.346. The highest BCUT2D eigenvalue weighted by molar-refractivity contribution is 6.30. The first-order valence-corrected chi connectivity index (χ1v) is 10.9. The molecule has 3 aromatic carbocycles. The molecule has 0 amide bonds. The maximum atomic E-state index is 6.22. The van der Waals surface area contributed by atoms with Gasteiger partial charge in [-0.2, -0.15) is 4.52 Å². The topological polar surface area (TPSA) is 73.6 Å². The van der Waals surface area contributed by atoms with Gasteiger partial charge in [0.15, 0.2) is 17.1 Å². The van der Waals surface area contributed by atoms with Crippen molar-refractivity contribution in [3.8, 4) is 22.8 Å². The van der Waals surface area contributed by atoms with Crippen molar-refractivity contribution in [1.82, 2.24) is 19.8 Å². The zero-order valence-electron chi connectivity index (χ0n) is 18.4. The van der Waals surface area contributed by atoms with E-state index in [-0.39, 0.29) is 6.04 Å². The van der Waals surface area contributed by atoms with E-state index < -0.39 is 0 Å². The number of ether oxygens (including phenoxy) is 2. The Balaban J connectivity index is 1.62. The molecule has 0 fully saturated rings. The lowest BCUT2D eigenvalue weighted by atomic mass is 10.1. The molecule has 0 bridgehead atoms. The van der Waals surface area contributed by atoms with Crippen molar-refractivity contribution in [3.05, 3.63) is 77.3 Å². The summed E-state index contributed by atoms with van der Waals surface area (Å²) in [6, 6.07) is 21.4. The number of hydrogen-bond donors (Lipinski definition) is 1. The Kier molecular flexibility index (Phi) is 5.48. The average molecular weight is 460 g/mol. The molecule has 0 unspecified atom stereocenters. The highest BCUT2D eigenvalue weighted by Gasteiger charge is 2.18. The van der Waals surface area contributed by atoms with Gasteiger partial charge in [-0.15, -0.1) is 5.10 Å². The SMILES string of the molecule is COc1ccc([C@H](C)Nc2nc3c(-c4cccc(Cl)c4)nnn3c3ccccc23)cc1OC. The van der Waals surface area contributed by atoms with Crippen LogP contribution in [0.1, 0.15) is 18.5 Å². The Hall–Kier alpha value is -3.84. The van der Waals surface area contributed by atoms with Crippen LogP contribution >= 0.6 is 11.6 Å². The molecule has 0 aliphatic rings. The Bertz CT molecular complexity index is 1470. The van der Waals surface area contributed by atoms with Crippen LogP contribution in [-0.4, -0.2) is 34.0 Å². The normalized spacial score (nSPS) is 12.1. The fourth-order valence-corrected chi connectivity index (χ4v) is 4.10. The molecule has 8 heteroatoms. The second kappa shape index (κ2) is 8.60. The smallest absolute Gasteiger partial charge is 0.186 e. The van der Waals surface area contributed by atoms with Gasteiger partial charge in [-0.3, -0.25) is 0 Å². The van der Waals surface area contributed by atoms with Gasteiger partial charge < -0.3 is 14.8 Å². The van der Waals surface area contributed by atoms with Gasteiger partial charge in [-0.25, -0.2) is 4.98 Å².